The average Bonchev–Trinajstić information content (AvgIpc) is 2.37. The van der Waals surface area contributed by atoms with Crippen molar-refractivity contribution in [2.24, 2.45) is 0 Å². The molecule has 0 saturated carbocycles. The molecule has 0 amide bonds. The summed E-state index contributed by atoms with van der Waals surface area (Å²) in [5.74, 6) is 0. The van der Waals surface area contributed by atoms with Crippen LogP contribution in [0, 0.1) is 10.5 Å². The monoisotopic (exact) mass is 391 g/mol. The van der Waals surface area contributed by atoms with Crippen molar-refractivity contribution in [1.82, 2.24) is 0 Å². The van der Waals surface area contributed by atoms with Crippen LogP contribution in [0.15, 0.2) is 42.5 Å². The maximum absolute atomic E-state index is 12.6. The third-order valence-corrected chi connectivity index (χ3v) is 3.60. The lowest BCUT2D eigenvalue weighted by Crippen LogP contribution is -2.07. The number of hydrogen-bond acceptors (Lipinski definition) is 1. The highest BCUT2D eigenvalue weighted by molar-refractivity contribution is 14.1. The third-order valence-electron chi connectivity index (χ3n) is 2.93. The summed E-state index contributed by atoms with van der Waals surface area (Å²) in [4.78, 5) is 0. The predicted molar refractivity (Wildman–Crippen MR) is 82.7 cm³/mol. The fraction of sp³-hybridized carbons (Fsp3) is 0.200. The van der Waals surface area contributed by atoms with Gasteiger partial charge in [-0.1, -0.05) is 12.1 Å². The van der Waals surface area contributed by atoms with E-state index in [0.29, 0.717) is 12.1 Å². The molecule has 0 fully saturated rings. The summed E-state index contributed by atoms with van der Waals surface area (Å²) in [5, 5.41) is 3.16. The molecule has 0 heterocycles. The van der Waals surface area contributed by atoms with E-state index in [9.17, 15) is 13.2 Å². The van der Waals surface area contributed by atoms with Gasteiger partial charge in [-0.05, 0) is 71.0 Å². The summed E-state index contributed by atoms with van der Waals surface area (Å²) >= 11 is 2.22. The third kappa shape index (κ3) is 3.88. The van der Waals surface area contributed by atoms with Crippen molar-refractivity contribution in [2.75, 3.05) is 5.32 Å². The largest absolute Gasteiger partial charge is 0.416 e. The number of alkyl halides is 3. The molecular weight excluding hydrogens is 378 g/mol. The van der Waals surface area contributed by atoms with E-state index < -0.39 is 11.7 Å². The Labute approximate surface area is 129 Å². The van der Waals surface area contributed by atoms with Gasteiger partial charge in [-0.25, -0.2) is 0 Å². The van der Waals surface area contributed by atoms with E-state index in [4.69, 9.17) is 0 Å². The summed E-state index contributed by atoms with van der Waals surface area (Å²) in [6, 6.07) is 11.3. The quantitative estimate of drug-likeness (QED) is 0.707. The van der Waals surface area contributed by atoms with Gasteiger partial charge in [-0.3, -0.25) is 0 Å². The lowest BCUT2D eigenvalue weighted by atomic mass is 10.1. The molecule has 5 heteroatoms. The first-order valence-electron chi connectivity index (χ1n) is 6.02. The molecule has 0 saturated heterocycles. The van der Waals surface area contributed by atoms with Gasteiger partial charge in [0.1, 0.15) is 0 Å². The molecule has 0 aliphatic rings. The Kier molecular flexibility index (Phi) is 4.57. The van der Waals surface area contributed by atoms with Crippen LogP contribution in [0.1, 0.15) is 16.7 Å². The topological polar surface area (TPSA) is 12.0 Å². The van der Waals surface area contributed by atoms with E-state index in [1.54, 1.807) is 6.07 Å². The van der Waals surface area contributed by atoms with Crippen molar-refractivity contribution < 1.29 is 13.2 Å². The maximum Gasteiger partial charge on any atom is 0.416 e. The Morgan fingerprint density at radius 1 is 1.10 bits per heavy atom. The second-order valence-corrected chi connectivity index (χ2v) is 5.76. The van der Waals surface area contributed by atoms with Crippen molar-refractivity contribution in [1.29, 1.82) is 0 Å². The molecule has 0 aliphatic heterocycles. The number of benzene rings is 2. The van der Waals surface area contributed by atoms with Crippen molar-refractivity contribution in [3.63, 3.8) is 0 Å². The molecule has 0 spiro atoms. The number of hydrogen-bond donors (Lipinski definition) is 1. The highest BCUT2D eigenvalue weighted by Gasteiger charge is 2.30. The second-order valence-electron chi connectivity index (χ2n) is 4.51. The van der Waals surface area contributed by atoms with Crippen molar-refractivity contribution in [3.8, 4) is 0 Å². The van der Waals surface area contributed by atoms with Gasteiger partial charge in [0.2, 0.25) is 0 Å². The molecule has 0 radical (unpaired) electrons. The Hall–Kier alpha value is -1.24. The lowest BCUT2D eigenvalue weighted by Gasteiger charge is -2.12. The number of nitrogens with one attached hydrogen (secondary N) is 1. The Balaban J connectivity index is 2.11. The maximum atomic E-state index is 12.6. The van der Waals surface area contributed by atoms with Crippen LogP contribution in [0.25, 0.3) is 0 Å². The predicted octanol–water partition coefficient (Wildman–Crippen LogP) is 5.23. The smallest absolute Gasteiger partial charge is 0.381 e. The molecule has 0 bridgehead atoms. The van der Waals surface area contributed by atoms with E-state index in [2.05, 4.69) is 27.9 Å². The van der Waals surface area contributed by atoms with Crippen LogP contribution >= 0.6 is 22.6 Å². The molecule has 1 N–H and O–H groups in total. The van der Waals surface area contributed by atoms with Gasteiger partial charge < -0.3 is 5.32 Å². The number of rotatable bonds is 3. The fourth-order valence-electron chi connectivity index (χ4n) is 1.88. The van der Waals surface area contributed by atoms with Crippen LogP contribution in [0.4, 0.5) is 18.9 Å². The summed E-state index contributed by atoms with van der Waals surface area (Å²) in [7, 11) is 0. The van der Waals surface area contributed by atoms with Crippen LogP contribution in [-0.2, 0) is 12.7 Å². The Morgan fingerprint density at radius 3 is 2.50 bits per heavy atom. The molecule has 0 unspecified atom stereocenters. The highest BCUT2D eigenvalue weighted by atomic mass is 127. The van der Waals surface area contributed by atoms with Gasteiger partial charge in [-0.15, -0.1) is 0 Å². The highest BCUT2D eigenvalue weighted by Crippen LogP contribution is 2.29. The van der Waals surface area contributed by atoms with Crippen molar-refractivity contribution in [2.45, 2.75) is 19.6 Å². The van der Waals surface area contributed by atoms with Crippen LogP contribution in [0.5, 0.6) is 0 Å². The molecule has 2 rings (SSSR count). The van der Waals surface area contributed by atoms with Crippen molar-refractivity contribution >= 4 is 28.3 Å². The van der Waals surface area contributed by atoms with E-state index in [1.807, 2.05) is 25.1 Å². The number of halogens is 4. The van der Waals surface area contributed by atoms with Crippen LogP contribution in [0.2, 0.25) is 0 Å². The molecule has 20 heavy (non-hydrogen) atoms. The zero-order chi connectivity index (χ0) is 14.8. The van der Waals surface area contributed by atoms with E-state index in [0.717, 1.165) is 20.9 Å². The second kappa shape index (κ2) is 6.03. The minimum absolute atomic E-state index is 0.366. The van der Waals surface area contributed by atoms with E-state index in [-0.39, 0.29) is 0 Å². The minimum atomic E-state index is -4.30. The van der Waals surface area contributed by atoms with Gasteiger partial charge >= 0.3 is 6.18 Å². The van der Waals surface area contributed by atoms with Crippen LogP contribution in [-0.4, -0.2) is 0 Å². The van der Waals surface area contributed by atoms with Gasteiger partial charge in [0.05, 0.1) is 5.56 Å². The van der Waals surface area contributed by atoms with E-state index >= 15 is 0 Å². The van der Waals surface area contributed by atoms with Gasteiger partial charge in [0, 0.05) is 15.8 Å². The van der Waals surface area contributed by atoms with E-state index in [1.165, 1.54) is 12.1 Å². The first kappa shape index (κ1) is 15.2. The van der Waals surface area contributed by atoms with Gasteiger partial charge in [0.15, 0.2) is 0 Å². The number of aryl methyl sites for hydroxylation is 1. The number of anilines is 1. The van der Waals surface area contributed by atoms with Crippen molar-refractivity contribution in [3.05, 3.63) is 62.7 Å². The Bertz CT molecular complexity index is 608. The lowest BCUT2D eigenvalue weighted by molar-refractivity contribution is -0.137. The summed E-state index contributed by atoms with van der Waals surface area (Å²) in [5.41, 5.74) is 2.00. The average molecular weight is 391 g/mol. The first-order chi connectivity index (χ1) is 9.36. The first-order valence-corrected chi connectivity index (χ1v) is 7.10. The Morgan fingerprint density at radius 2 is 1.85 bits per heavy atom. The minimum Gasteiger partial charge on any atom is -0.381 e. The molecule has 0 aromatic heterocycles. The molecule has 106 valence electrons. The fourth-order valence-corrected chi connectivity index (χ4v) is 2.53. The molecular formula is C15H13F3IN. The van der Waals surface area contributed by atoms with Gasteiger partial charge in [-0.2, -0.15) is 13.2 Å². The molecule has 0 atom stereocenters. The normalized spacial score (nSPS) is 11.4. The molecule has 2 aromatic rings. The van der Waals surface area contributed by atoms with Crippen LogP contribution in [0.3, 0.4) is 0 Å². The standard InChI is InChI=1S/C15H13F3IN/c1-10-7-13(19)5-6-14(10)20-9-11-3-2-4-12(8-11)15(16,17)18/h2-8,20H,9H2,1H3. The van der Waals surface area contributed by atoms with Gasteiger partial charge in [0.25, 0.3) is 0 Å². The molecule has 2 aromatic carbocycles. The summed E-state index contributed by atoms with van der Waals surface area (Å²) < 4.78 is 39.0. The van der Waals surface area contributed by atoms with Crippen LogP contribution < -0.4 is 5.32 Å². The zero-order valence-corrected chi connectivity index (χ0v) is 12.9. The molecule has 1 nitrogen and oxygen atoms in total. The molecule has 0 aliphatic carbocycles. The summed E-state index contributed by atoms with van der Waals surface area (Å²) in [6.45, 7) is 2.34. The zero-order valence-electron chi connectivity index (χ0n) is 10.8. The SMILES string of the molecule is Cc1cc(I)ccc1NCc1cccc(C(F)(F)F)c1. The summed E-state index contributed by atoms with van der Waals surface area (Å²) in [6.07, 6.45) is -4.30.